The van der Waals surface area contributed by atoms with Gasteiger partial charge in [-0.1, -0.05) is 36.4 Å². The molecular formula is C24H20N2O2. The van der Waals surface area contributed by atoms with Crippen molar-refractivity contribution in [3.8, 4) is 5.75 Å². The van der Waals surface area contributed by atoms with Crippen LogP contribution in [0.15, 0.2) is 91.3 Å². The highest BCUT2D eigenvalue weighted by atomic mass is 16.5. The number of carbonyl (C=O) groups excluding carboxylic acids is 1. The molecule has 0 radical (unpaired) electrons. The molecule has 2 heterocycles. The third-order valence-electron chi connectivity index (χ3n) is 4.75. The van der Waals surface area contributed by atoms with E-state index >= 15 is 0 Å². The SMILES string of the molecule is COc1cccc(C2=CC(c3ccccn3)=CN(c3ccccc3)C2C=O)c1. The van der Waals surface area contributed by atoms with Gasteiger partial charge in [0.15, 0.2) is 0 Å². The highest BCUT2D eigenvalue weighted by Gasteiger charge is 2.27. The molecule has 1 aromatic heterocycles. The van der Waals surface area contributed by atoms with Crippen molar-refractivity contribution in [3.05, 3.63) is 103 Å². The minimum Gasteiger partial charge on any atom is -0.497 e. The summed E-state index contributed by atoms with van der Waals surface area (Å²) in [7, 11) is 1.64. The van der Waals surface area contributed by atoms with Crippen LogP contribution >= 0.6 is 0 Å². The van der Waals surface area contributed by atoms with Gasteiger partial charge in [-0.25, -0.2) is 0 Å². The number of aromatic nitrogens is 1. The van der Waals surface area contributed by atoms with Crippen molar-refractivity contribution in [2.45, 2.75) is 6.04 Å². The van der Waals surface area contributed by atoms with Gasteiger partial charge in [-0.05, 0) is 53.6 Å². The molecule has 1 unspecified atom stereocenters. The highest BCUT2D eigenvalue weighted by molar-refractivity contribution is 5.98. The van der Waals surface area contributed by atoms with Gasteiger partial charge in [-0.2, -0.15) is 0 Å². The molecule has 1 atom stereocenters. The van der Waals surface area contributed by atoms with E-state index in [4.69, 9.17) is 4.74 Å². The molecule has 0 fully saturated rings. The van der Waals surface area contributed by atoms with Crippen molar-refractivity contribution in [1.29, 1.82) is 0 Å². The van der Waals surface area contributed by atoms with Crippen LogP contribution < -0.4 is 9.64 Å². The molecule has 0 saturated carbocycles. The van der Waals surface area contributed by atoms with Crippen LogP contribution in [0.4, 0.5) is 5.69 Å². The van der Waals surface area contributed by atoms with Crippen molar-refractivity contribution < 1.29 is 9.53 Å². The lowest BCUT2D eigenvalue weighted by molar-refractivity contribution is -0.107. The van der Waals surface area contributed by atoms with Gasteiger partial charge < -0.3 is 14.4 Å². The first kappa shape index (κ1) is 17.7. The number of benzene rings is 2. The zero-order valence-corrected chi connectivity index (χ0v) is 15.5. The Morgan fingerprint density at radius 1 is 1.00 bits per heavy atom. The van der Waals surface area contributed by atoms with Crippen LogP contribution in [-0.4, -0.2) is 24.4 Å². The first-order chi connectivity index (χ1) is 13.8. The van der Waals surface area contributed by atoms with Crippen LogP contribution in [0.5, 0.6) is 5.75 Å². The second kappa shape index (κ2) is 7.92. The molecule has 4 nitrogen and oxygen atoms in total. The molecule has 1 aliphatic heterocycles. The van der Waals surface area contributed by atoms with Crippen molar-refractivity contribution in [2.75, 3.05) is 12.0 Å². The van der Waals surface area contributed by atoms with Gasteiger partial charge >= 0.3 is 0 Å². The molecule has 28 heavy (non-hydrogen) atoms. The fourth-order valence-electron chi connectivity index (χ4n) is 3.37. The number of hydrogen-bond acceptors (Lipinski definition) is 4. The number of nitrogens with zero attached hydrogens (tertiary/aromatic N) is 2. The Morgan fingerprint density at radius 2 is 1.82 bits per heavy atom. The number of aldehydes is 1. The molecule has 3 aromatic rings. The van der Waals surface area contributed by atoms with E-state index < -0.39 is 6.04 Å². The maximum Gasteiger partial charge on any atom is 0.147 e. The Kier molecular flexibility index (Phi) is 5.02. The molecule has 4 heteroatoms. The van der Waals surface area contributed by atoms with E-state index in [2.05, 4.69) is 4.98 Å². The summed E-state index contributed by atoms with van der Waals surface area (Å²) in [5.41, 5.74) is 4.59. The van der Waals surface area contributed by atoms with Gasteiger partial charge in [0.05, 0.1) is 12.8 Å². The van der Waals surface area contributed by atoms with Crippen LogP contribution in [-0.2, 0) is 4.79 Å². The number of hydrogen-bond donors (Lipinski definition) is 0. The van der Waals surface area contributed by atoms with E-state index in [-0.39, 0.29) is 0 Å². The van der Waals surface area contributed by atoms with E-state index in [1.807, 2.05) is 90.0 Å². The van der Waals surface area contributed by atoms with E-state index in [1.165, 1.54) is 0 Å². The average molecular weight is 368 g/mol. The summed E-state index contributed by atoms with van der Waals surface area (Å²) in [6.07, 6.45) is 6.77. The van der Waals surface area contributed by atoms with Gasteiger partial charge in [0.2, 0.25) is 0 Å². The summed E-state index contributed by atoms with van der Waals surface area (Å²) >= 11 is 0. The average Bonchev–Trinajstić information content (AvgIpc) is 2.79. The molecule has 0 amide bonds. The van der Waals surface area contributed by atoms with Crippen LogP contribution in [0.2, 0.25) is 0 Å². The number of ether oxygens (including phenoxy) is 1. The lowest BCUT2D eigenvalue weighted by Crippen LogP contribution is -2.35. The third kappa shape index (κ3) is 3.45. The minimum atomic E-state index is -0.443. The first-order valence-corrected chi connectivity index (χ1v) is 9.08. The number of carbonyl (C=O) groups is 1. The quantitative estimate of drug-likeness (QED) is 0.617. The predicted molar refractivity (Wildman–Crippen MR) is 112 cm³/mol. The normalized spacial score (nSPS) is 16.2. The molecule has 0 N–H and O–H groups in total. The molecule has 4 rings (SSSR count). The van der Waals surface area contributed by atoms with Crippen molar-refractivity contribution in [2.24, 2.45) is 0 Å². The molecule has 0 aliphatic carbocycles. The number of allylic oxidation sites excluding steroid dienone is 2. The largest absolute Gasteiger partial charge is 0.497 e. The molecule has 0 saturated heterocycles. The smallest absolute Gasteiger partial charge is 0.147 e. The Hall–Kier alpha value is -3.66. The molecule has 0 bridgehead atoms. The van der Waals surface area contributed by atoms with Crippen LogP contribution in [0, 0.1) is 0 Å². The first-order valence-electron chi connectivity index (χ1n) is 9.08. The molecular weight excluding hydrogens is 348 g/mol. The molecule has 138 valence electrons. The Labute approximate surface area is 164 Å². The zero-order chi connectivity index (χ0) is 19.3. The summed E-state index contributed by atoms with van der Waals surface area (Å²) in [5, 5.41) is 0. The number of para-hydroxylation sites is 1. The lowest BCUT2D eigenvalue weighted by Gasteiger charge is -2.33. The second-order valence-electron chi connectivity index (χ2n) is 6.45. The molecule has 1 aliphatic rings. The number of methoxy groups -OCH3 is 1. The van der Waals surface area contributed by atoms with Gasteiger partial charge in [0.25, 0.3) is 0 Å². The standard InChI is InChI=1S/C24H20N2O2/c1-28-21-11-7-8-18(14-21)22-15-19(23-12-5-6-13-25-23)16-26(24(22)17-27)20-9-3-2-4-10-20/h2-17,24H,1H3. The Bertz CT molecular complexity index is 1030. The topological polar surface area (TPSA) is 42.4 Å². The maximum absolute atomic E-state index is 12.2. The number of anilines is 1. The lowest BCUT2D eigenvalue weighted by atomic mass is 9.91. The van der Waals surface area contributed by atoms with Crippen LogP contribution in [0.1, 0.15) is 11.3 Å². The van der Waals surface area contributed by atoms with Crippen molar-refractivity contribution >= 4 is 23.1 Å². The van der Waals surface area contributed by atoms with Crippen molar-refractivity contribution in [3.63, 3.8) is 0 Å². The van der Waals surface area contributed by atoms with E-state index in [0.29, 0.717) is 0 Å². The highest BCUT2D eigenvalue weighted by Crippen LogP contribution is 2.35. The van der Waals surface area contributed by atoms with Gasteiger partial charge in [-0.15, -0.1) is 0 Å². The summed E-state index contributed by atoms with van der Waals surface area (Å²) < 4.78 is 5.38. The van der Waals surface area contributed by atoms with Crippen LogP contribution in [0.3, 0.4) is 0 Å². The summed E-state index contributed by atoms with van der Waals surface area (Å²) in [4.78, 5) is 18.6. The predicted octanol–water partition coefficient (Wildman–Crippen LogP) is 4.60. The summed E-state index contributed by atoms with van der Waals surface area (Å²) in [5.74, 6) is 0.753. The molecule has 0 spiro atoms. The Balaban J connectivity index is 1.88. The maximum atomic E-state index is 12.2. The van der Waals surface area contributed by atoms with E-state index in [0.717, 1.165) is 40.1 Å². The van der Waals surface area contributed by atoms with E-state index in [9.17, 15) is 4.79 Å². The van der Waals surface area contributed by atoms with Gasteiger partial charge in [0, 0.05) is 23.7 Å². The number of rotatable bonds is 5. The third-order valence-corrected chi connectivity index (χ3v) is 4.75. The zero-order valence-electron chi connectivity index (χ0n) is 15.5. The van der Waals surface area contributed by atoms with E-state index in [1.54, 1.807) is 13.3 Å². The Morgan fingerprint density at radius 3 is 2.54 bits per heavy atom. The van der Waals surface area contributed by atoms with Crippen molar-refractivity contribution in [1.82, 2.24) is 4.98 Å². The molecule has 2 aromatic carbocycles. The minimum absolute atomic E-state index is 0.443. The van der Waals surface area contributed by atoms with Crippen LogP contribution in [0.25, 0.3) is 11.1 Å². The fourth-order valence-corrected chi connectivity index (χ4v) is 3.37. The monoisotopic (exact) mass is 368 g/mol. The summed E-state index contributed by atoms with van der Waals surface area (Å²) in [6, 6.07) is 23.0. The fraction of sp³-hybridized carbons (Fsp3) is 0.0833. The van der Waals surface area contributed by atoms with Gasteiger partial charge in [-0.3, -0.25) is 4.98 Å². The second-order valence-corrected chi connectivity index (χ2v) is 6.45. The van der Waals surface area contributed by atoms with Gasteiger partial charge in [0.1, 0.15) is 18.1 Å². The summed E-state index contributed by atoms with van der Waals surface area (Å²) in [6.45, 7) is 0. The number of pyridine rings is 1.